The van der Waals surface area contributed by atoms with Crippen molar-refractivity contribution >= 4 is 46.7 Å². The highest BCUT2D eigenvalue weighted by Gasteiger charge is 2.68. The molecule has 164 valence electrons. The molecule has 2 atom stereocenters. The number of imide groups is 1. The topological polar surface area (TPSA) is 63.7 Å². The lowest BCUT2D eigenvalue weighted by Gasteiger charge is -2.50. The van der Waals surface area contributed by atoms with Crippen molar-refractivity contribution in [3.8, 4) is 0 Å². The molecule has 0 unspecified atom stereocenters. The second-order valence-electron chi connectivity index (χ2n) is 8.54. The van der Waals surface area contributed by atoms with Crippen LogP contribution in [0.15, 0.2) is 66.7 Å². The molecule has 2 bridgehead atoms. The molecule has 2 amide bonds. The van der Waals surface area contributed by atoms with Crippen LogP contribution in [-0.4, -0.2) is 24.9 Å². The van der Waals surface area contributed by atoms with Crippen LogP contribution in [0.2, 0.25) is 5.02 Å². The first-order chi connectivity index (χ1) is 15.9. The first kappa shape index (κ1) is 20.5. The summed E-state index contributed by atoms with van der Waals surface area (Å²) < 4.78 is 4.79. The van der Waals surface area contributed by atoms with E-state index in [1.807, 2.05) is 48.5 Å². The van der Waals surface area contributed by atoms with Crippen LogP contribution in [0.5, 0.6) is 0 Å². The number of methoxy groups -OCH3 is 1. The molecule has 0 saturated carbocycles. The maximum Gasteiger partial charge on any atom is 0.339 e. The van der Waals surface area contributed by atoms with Gasteiger partial charge in [-0.05, 0) is 40.5 Å². The minimum absolute atomic E-state index is 0.0854. The number of hydrogen-bond donors (Lipinski definition) is 0. The van der Waals surface area contributed by atoms with Gasteiger partial charge in [0, 0.05) is 5.92 Å². The lowest BCUT2D eigenvalue weighted by atomic mass is 9.54. The number of anilines is 1. The van der Waals surface area contributed by atoms with E-state index in [1.54, 1.807) is 6.07 Å². The lowest BCUT2D eigenvalue weighted by molar-refractivity contribution is -0.122. The normalized spacial score (nSPS) is 26.6. The Morgan fingerprint density at radius 1 is 0.939 bits per heavy atom. The van der Waals surface area contributed by atoms with Crippen LogP contribution in [0, 0.1) is 11.8 Å². The third-order valence-electron chi connectivity index (χ3n) is 7.13. The molecule has 1 aliphatic heterocycles. The second-order valence-corrected chi connectivity index (χ2v) is 9.54. The Morgan fingerprint density at radius 2 is 1.55 bits per heavy atom. The lowest BCUT2D eigenvalue weighted by Crippen LogP contribution is -2.50. The Bertz CT molecular complexity index is 1340. The van der Waals surface area contributed by atoms with E-state index in [9.17, 15) is 14.4 Å². The largest absolute Gasteiger partial charge is 0.465 e. The standard InChI is InChI=1S/C26H17Cl2NO4/c1-33-25(32)16-12-13(10-11-19(16)27)29-23(30)21-20-14-6-2-4-8-17(14)26(28,22(21)24(29)31)18-9-5-3-7-15(18)20/h2-12,20-22H,1H3/t20?,21-,22+,26?/m1/s1. The van der Waals surface area contributed by atoms with Gasteiger partial charge >= 0.3 is 5.97 Å². The summed E-state index contributed by atoms with van der Waals surface area (Å²) in [5, 5.41) is 0.177. The minimum atomic E-state index is -1.16. The fourth-order valence-corrected chi connectivity index (χ4v) is 6.62. The number of carbonyl (C=O) groups is 3. The van der Waals surface area contributed by atoms with Crippen molar-refractivity contribution in [3.05, 3.63) is 99.6 Å². The molecule has 1 fully saturated rings. The van der Waals surface area contributed by atoms with Crippen molar-refractivity contribution in [3.63, 3.8) is 0 Å². The average Bonchev–Trinajstić information content (AvgIpc) is 3.11. The fraction of sp³-hybridized carbons (Fsp3) is 0.192. The number of ether oxygens (including phenoxy) is 1. The third kappa shape index (κ3) is 2.47. The Balaban J connectivity index is 1.55. The van der Waals surface area contributed by atoms with Crippen LogP contribution >= 0.6 is 23.2 Å². The van der Waals surface area contributed by atoms with E-state index >= 15 is 0 Å². The first-order valence-corrected chi connectivity index (χ1v) is 11.3. The second kappa shape index (κ2) is 6.92. The summed E-state index contributed by atoms with van der Waals surface area (Å²) in [4.78, 5) is 39.9. The summed E-state index contributed by atoms with van der Waals surface area (Å²) in [5.41, 5.74) is 4.04. The van der Waals surface area contributed by atoms with Crippen molar-refractivity contribution in [2.45, 2.75) is 10.8 Å². The van der Waals surface area contributed by atoms with Crippen molar-refractivity contribution in [1.29, 1.82) is 0 Å². The van der Waals surface area contributed by atoms with Gasteiger partial charge in [-0.1, -0.05) is 60.1 Å². The molecular weight excluding hydrogens is 461 g/mol. The van der Waals surface area contributed by atoms with E-state index in [0.29, 0.717) is 0 Å². The molecule has 0 radical (unpaired) electrons. The molecule has 3 aromatic rings. The van der Waals surface area contributed by atoms with E-state index in [-0.39, 0.29) is 34.0 Å². The predicted molar refractivity (Wildman–Crippen MR) is 124 cm³/mol. The Kier molecular flexibility index (Phi) is 4.29. The van der Waals surface area contributed by atoms with E-state index in [0.717, 1.165) is 27.2 Å². The monoisotopic (exact) mass is 477 g/mol. The highest BCUT2D eigenvalue weighted by Crippen LogP contribution is 2.65. The Hall–Kier alpha value is -3.15. The molecule has 0 N–H and O–H groups in total. The van der Waals surface area contributed by atoms with Gasteiger partial charge in [-0.25, -0.2) is 9.69 Å². The van der Waals surface area contributed by atoms with Crippen LogP contribution in [0.4, 0.5) is 5.69 Å². The number of amides is 2. The highest BCUT2D eigenvalue weighted by atomic mass is 35.5. The summed E-state index contributed by atoms with van der Waals surface area (Å²) in [6.45, 7) is 0. The summed E-state index contributed by atoms with van der Waals surface area (Å²) in [7, 11) is 1.25. The number of rotatable bonds is 2. The van der Waals surface area contributed by atoms with Crippen molar-refractivity contribution in [2.75, 3.05) is 12.0 Å². The van der Waals surface area contributed by atoms with Gasteiger partial charge in [-0.15, -0.1) is 11.6 Å². The summed E-state index contributed by atoms with van der Waals surface area (Å²) >= 11 is 13.6. The zero-order chi connectivity index (χ0) is 23.1. The van der Waals surface area contributed by atoms with Gasteiger partial charge in [-0.3, -0.25) is 9.59 Å². The van der Waals surface area contributed by atoms with Crippen molar-refractivity contribution in [2.24, 2.45) is 11.8 Å². The van der Waals surface area contributed by atoms with Crippen LogP contribution in [-0.2, 0) is 19.2 Å². The predicted octanol–water partition coefficient (Wildman–Crippen LogP) is 4.87. The van der Waals surface area contributed by atoms with Crippen molar-refractivity contribution < 1.29 is 19.1 Å². The number of hydrogen-bond acceptors (Lipinski definition) is 4. The quantitative estimate of drug-likeness (QED) is 0.300. The van der Waals surface area contributed by atoms with Crippen molar-refractivity contribution in [1.82, 2.24) is 0 Å². The molecule has 33 heavy (non-hydrogen) atoms. The Labute approximate surface area is 199 Å². The van der Waals surface area contributed by atoms with Gasteiger partial charge in [0.2, 0.25) is 11.8 Å². The summed E-state index contributed by atoms with van der Waals surface area (Å²) in [6, 6.07) is 20.0. The van der Waals surface area contributed by atoms with Gasteiger partial charge in [0.1, 0.15) is 4.87 Å². The van der Waals surface area contributed by atoms with Gasteiger partial charge in [0.05, 0.1) is 35.2 Å². The number of nitrogens with zero attached hydrogens (tertiary/aromatic N) is 1. The number of alkyl halides is 1. The van der Waals surface area contributed by atoms with Crippen LogP contribution in [0.25, 0.3) is 0 Å². The Morgan fingerprint density at radius 3 is 2.15 bits per heavy atom. The van der Waals surface area contributed by atoms with E-state index < -0.39 is 22.7 Å². The van der Waals surface area contributed by atoms with Gasteiger partial charge in [0.15, 0.2) is 0 Å². The minimum Gasteiger partial charge on any atom is -0.465 e. The molecule has 5 nitrogen and oxygen atoms in total. The first-order valence-electron chi connectivity index (χ1n) is 10.5. The highest BCUT2D eigenvalue weighted by molar-refractivity contribution is 6.35. The molecule has 4 aliphatic rings. The summed E-state index contributed by atoms with van der Waals surface area (Å²) in [6.07, 6.45) is 0. The molecule has 0 spiro atoms. The number of carbonyl (C=O) groups excluding carboxylic acids is 3. The number of benzene rings is 3. The van der Waals surface area contributed by atoms with E-state index in [4.69, 9.17) is 27.9 Å². The third-order valence-corrected chi connectivity index (χ3v) is 8.10. The van der Waals surface area contributed by atoms with Gasteiger partial charge < -0.3 is 4.74 Å². The maximum atomic E-state index is 13.9. The number of halogens is 2. The van der Waals surface area contributed by atoms with Crippen LogP contribution < -0.4 is 4.90 Å². The van der Waals surface area contributed by atoms with Gasteiger partial charge in [0.25, 0.3) is 0 Å². The zero-order valence-corrected chi connectivity index (χ0v) is 18.9. The van der Waals surface area contributed by atoms with Crippen LogP contribution in [0.3, 0.4) is 0 Å². The molecule has 0 aromatic heterocycles. The molecular formula is C26H17Cl2NO4. The van der Waals surface area contributed by atoms with Gasteiger partial charge in [-0.2, -0.15) is 0 Å². The maximum absolute atomic E-state index is 13.9. The zero-order valence-electron chi connectivity index (χ0n) is 17.4. The average molecular weight is 478 g/mol. The molecule has 7 rings (SSSR count). The fourth-order valence-electron chi connectivity index (χ4n) is 5.85. The molecule has 7 heteroatoms. The molecule has 3 aliphatic carbocycles. The SMILES string of the molecule is COC(=O)c1cc(N2C(=O)[C@@H]3C4c5ccccc5C(Cl)(c5ccccc54)[C@@H]3C2=O)ccc1Cl. The smallest absolute Gasteiger partial charge is 0.339 e. The molecule has 3 aromatic carbocycles. The van der Waals surface area contributed by atoms with E-state index in [1.165, 1.54) is 19.2 Å². The van der Waals surface area contributed by atoms with E-state index in [2.05, 4.69) is 0 Å². The number of esters is 1. The molecule has 1 saturated heterocycles. The van der Waals surface area contributed by atoms with Crippen LogP contribution in [0.1, 0.15) is 38.5 Å². The molecule has 1 heterocycles. The summed E-state index contributed by atoms with van der Waals surface area (Å²) in [5.74, 6) is -3.05.